The molecule has 3 rings (SSSR count). The number of sulfonamides is 1. The first-order valence-electron chi connectivity index (χ1n) is 7.15. The Labute approximate surface area is 131 Å². The van der Waals surface area contributed by atoms with E-state index in [1.165, 1.54) is 23.7 Å². The third kappa shape index (κ3) is 3.74. The summed E-state index contributed by atoms with van der Waals surface area (Å²) in [7, 11) is -1.85. The van der Waals surface area contributed by atoms with Crippen LogP contribution in [-0.2, 0) is 17.1 Å². The second-order valence-corrected chi connectivity index (χ2v) is 7.61. The molecule has 1 aromatic heterocycles. The van der Waals surface area contributed by atoms with Gasteiger partial charge in [0.15, 0.2) is 5.03 Å². The number of hydrogen-bond acceptors (Lipinski definition) is 5. The number of nitrogens with zero attached hydrogens (tertiary/aromatic N) is 4. The number of piperidine rings is 1. The van der Waals surface area contributed by atoms with Crippen molar-refractivity contribution >= 4 is 22.4 Å². The van der Waals surface area contributed by atoms with Crippen LogP contribution in [0.5, 0.6) is 0 Å². The van der Waals surface area contributed by atoms with E-state index in [9.17, 15) is 8.42 Å². The number of hydrogen-bond donors (Lipinski definition) is 1. The molecule has 2 aliphatic rings. The molecule has 120 valence electrons. The first-order valence-corrected chi connectivity index (χ1v) is 8.59. The molecule has 2 fully saturated rings. The summed E-state index contributed by atoms with van der Waals surface area (Å²) in [6, 6.07) is 0.451. The SMILES string of the molecule is Cl.Cn1nncc1S(=O)(=O)N1CCC(NCC2CC2)CC1. The first-order chi connectivity index (χ1) is 9.57. The van der Waals surface area contributed by atoms with Crippen molar-refractivity contribution in [1.29, 1.82) is 0 Å². The molecule has 0 atom stereocenters. The zero-order chi connectivity index (χ0) is 14.2. The maximum Gasteiger partial charge on any atom is 0.261 e. The summed E-state index contributed by atoms with van der Waals surface area (Å²) in [6.45, 7) is 2.22. The number of rotatable bonds is 5. The van der Waals surface area contributed by atoms with Gasteiger partial charge >= 0.3 is 0 Å². The van der Waals surface area contributed by atoms with Crippen molar-refractivity contribution in [3.05, 3.63) is 6.20 Å². The quantitative estimate of drug-likeness (QED) is 0.842. The highest BCUT2D eigenvalue weighted by Gasteiger charge is 2.32. The Morgan fingerprint density at radius 2 is 1.95 bits per heavy atom. The van der Waals surface area contributed by atoms with Crippen LogP contribution >= 0.6 is 12.4 Å². The summed E-state index contributed by atoms with van der Waals surface area (Å²) >= 11 is 0. The molecule has 1 aliphatic carbocycles. The van der Waals surface area contributed by atoms with Crippen molar-refractivity contribution in [2.45, 2.75) is 36.8 Å². The fraction of sp³-hybridized carbons (Fsp3) is 0.833. The normalized spacial score (nSPS) is 21.2. The van der Waals surface area contributed by atoms with Crippen molar-refractivity contribution < 1.29 is 8.42 Å². The molecule has 1 aromatic rings. The zero-order valence-corrected chi connectivity index (χ0v) is 13.7. The second kappa shape index (κ2) is 6.60. The maximum atomic E-state index is 12.5. The lowest BCUT2D eigenvalue weighted by Gasteiger charge is -2.31. The van der Waals surface area contributed by atoms with Crippen LogP contribution in [-0.4, -0.2) is 53.4 Å². The average molecular weight is 336 g/mol. The van der Waals surface area contributed by atoms with Crippen LogP contribution in [0.1, 0.15) is 25.7 Å². The minimum atomic E-state index is -3.45. The van der Waals surface area contributed by atoms with E-state index in [0.717, 1.165) is 25.3 Å². The van der Waals surface area contributed by atoms with Gasteiger partial charge in [0.25, 0.3) is 10.0 Å². The van der Waals surface area contributed by atoms with Crippen molar-refractivity contribution in [2.75, 3.05) is 19.6 Å². The third-order valence-electron chi connectivity index (χ3n) is 4.12. The fourth-order valence-electron chi connectivity index (χ4n) is 2.60. The smallest absolute Gasteiger partial charge is 0.261 e. The molecular weight excluding hydrogens is 314 g/mol. The molecule has 1 aliphatic heterocycles. The molecule has 1 saturated carbocycles. The minimum absolute atomic E-state index is 0. The maximum absolute atomic E-state index is 12.5. The highest BCUT2D eigenvalue weighted by molar-refractivity contribution is 7.89. The van der Waals surface area contributed by atoms with Gasteiger partial charge < -0.3 is 5.32 Å². The van der Waals surface area contributed by atoms with Crippen LogP contribution in [0.25, 0.3) is 0 Å². The second-order valence-electron chi connectivity index (χ2n) is 5.73. The van der Waals surface area contributed by atoms with Gasteiger partial charge in [0, 0.05) is 26.2 Å². The van der Waals surface area contributed by atoms with Crippen LogP contribution in [0, 0.1) is 5.92 Å². The summed E-state index contributed by atoms with van der Waals surface area (Å²) in [4.78, 5) is 0. The van der Waals surface area contributed by atoms with E-state index < -0.39 is 10.0 Å². The van der Waals surface area contributed by atoms with Gasteiger partial charge in [-0.05, 0) is 38.1 Å². The van der Waals surface area contributed by atoms with E-state index >= 15 is 0 Å². The number of aromatic nitrogens is 3. The van der Waals surface area contributed by atoms with Crippen LogP contribution in [0.3, 0.4) is 0 Å². The highest BCUT2D eigenvalue weighted by Crippen LogP contribution is 2.28. The summed E-state index contributed by atoms with van der Waals surface area (Å²) in [5.41, 5.74) is 0. The largest absolute Gasteiger partial charge is 0.314 e. The lowest BCUT2D eigenvalue weighted by atomic mass is 10.1. The van der Waals surface area contributed by atoms with Gasteiger partial charge in [0.05, 0.1) is 6.20 Å². The van der Waals surface area contributed by atoms with Crippen LogP contribution in [0.2, 0.25) is 0 Å². The van der Waals surface area contributed by atoms with Crippen molar-refractivity contribution in [3.8, 4) is 0 Å². The first kappa shape index (κ1) is 16.7. The van der Waals surface area contributed by atoms with E-state index in [1.54, 1.807) is 11.4 Å². The molecule has 2 heterocycles. The van der Waals surface area contributed by atoms with E-state index in [-0.39, 0.29) is 17.4 Å². The van der Waals surface area contributed by atoms with E-state index in [1.807, 2.05) is 0 Å². The Kier molecular flexibility index (Phi) is 5.24. The molecule has 7 nitrogen and oxygen atoms in total. The fourth-order valence-corrected chi connectivity index (χ4v) is 4.11. The molecule has 0 radical (unpaired) electrons. The van der Waals surface area contributed by atoms with Gasteiger partial charge in [-0.1, -0.05) is 5.21 Å². The summed E-state index contributed by atoms with van der Waals surface area (Å²) in [5.74, 6) is 0.859. The molecule has 0 bridgehead atoms. The zero-order valence-electron chi connectivity index (χ0n) is 12.1. The van der Waals surface area contributed by atoms with E-state index in [4.69, 9.17) is 0 Å². The Morgan fingerprint density at radius 3 is 2.48 bits per heavy atom. The van der Waals surface area contributed by atoms with Gasteiger partial charge in [-0.25, -0.2) is 13.1 Å². The molecule has 21 heavy (non-hydrogen) atoms. The van der Waals surface area contributed by atoms with Crippen LogP contribution < -0.4 is 5.32 Å². The van der Waals surface area contributed by atoms with Gasteiger partial charge in [-0.3, -0.25) is 0 Å². The summed E-state index contributed by atoms with van der Waals surface area (Å²) < 4.78 is 27.8. The lowest BCUT2D eigenvalue weighted by Crippen LogP contribution is -2.45. The Morgan fingerprint density at radius 1 is 1.29 bits per heavy atom. The average Bonchev–Trinajstić information content (AvgIpc) is 3.17. The standard InChI is InChI=1S/C12H21N5O2S.ClH/c1-16-12(9-14-15-16)20(18,19)17-6-4-11(5-7-17)13-8-10-2-3-10;/h9-11,13H,2-8H2,1H3;1H. The monoisotopic (exact) mass is 335 g/mol. The van der Waals surface area contributed by atoms with Crippen molar-refractivity contribution in [3.63, 3.8) is 0 Å². The Hall–Kier alpha value is -0.700. The minimum Gasteiger partial charge on any atom is -0.314 e. The lowest BCUT2D eigenvalue weighted by molar-refractivity contribution is 0.286. The topological polar surface area (TPSA) is 80.1 Å². The predicted molar refractivity (Wildman–Crippen MR) is 80.8 cm³/mol. The van der Waals surface area contributed by atoms with Gasteiger partial charge in [0.1, 0.15) is 0 Å². The van der Waals surface area contributed by atoms with Gasteiger partial charge in [0.2, 0.25) is 0 Å². The molecule has 0 amide bonds. The van der Waals surface area contributed by atoms with Crippen molar-refractivity contribution in [1.82, 2.24) is 24.6 Å². The van der Waals surface area contributed by atoms with Crippen LogP contribution in [0.4, 0.5) is 0 Å². The molecule has 9 heteroatoms. The molecule has 0 spiro atoms. The molecular formula is C12H22ClN5O2S. The summed E-state index contributed by atoms with van der Waals surface area (Å²) in [5, 5.41) is 11.1. The van der Waals surface area contributed by atoms with Gasteiger partial charge in [-0.15, -0.1) is 17.5 Å². The third-order valence-corrected chi connectivity index (χ3v) is 6.07. The Balaban J connectivity index is 0.00000161. The molecule has 0 aromatic carbocycles. The number of aryl methyl sites for hydroxylation is 1. The molecule has 1 saturated heterocycles. The number of halogens is 1. The highest BCUT2D eigenvalue weighted by atomic mass is 35.5. The predicted octanol–water partition coefficient (Wildman–Crippen LogP) is 0.390. The van der Waals surface area contributed by atoms with Crippen LogP contribution in [0.15, 0.2) is 11.2 Å². The van der Waals surface area contributed by atoms with Gasteiger partial charge in [-0.2, -0.15) is 4.31 Å². The van der Waals surface area contributed by atoms with Crippen molar-refractivity contribution in [2.24, 2.45) is 13.0 Å². The summed E-state index contributed by atoms with van der Waals surface area (Å²) in [6.07, 6.45) is 5.74. The van der Waals surface area contributed by atoms with E-state index in [0.29, 0.717) is 19.1 Å². The molecule has 0 unspecified atom stereocenters. The van der Waals surface area contributed by atoms with E-state index in [2.05, 4.69) is 15.6 Å². The Bertz CT molecular complexity index is 564. The molecule has 1 N–H and O–H groups in total. The number of nitrogens with one attached hydrogen (secondary N) is 1.